The van der Waals surface area contributed by atoms with E-state index in [0.717, 1.165) is 10.5 Å². The number of nitrogen functional groups attached to an aromatic ring is 1. The Morgan fingerprint density at radius 3 is 3.00 bits per heavy atom. The molecule has 3 nitrogen and oxygen atoms in total. The lowest BCUT2D eigenvalue weighted by Gasteiger charge is -2.03. The molecule has 0 radical (unpaired) electrons. The quantitative estimate of drug-likeness (QED) is 0.430. The minimum Gasteiger partial charge on any atom is -0.383 e. The smallest absolute Gasteiger partial charge is 0.137 e. The average molecular weight is 193 g/mol. The molecule has 1 rings (SSSR count). The van der Waals surface area contributed by atoms with Crippen LogP contribution < -0.4 is 5.73 Å². The molecule has 0 spiro atoms. The van der Waals surface area contributed by atoms with Crippen LogP contribution in [0.15, 0.2) is 23.7 Å². The van der Waals surface area contributed by atoms with Crippen molar-refractivity contribution in [1.29, 1.82) is 5.41 Å². The zero-order valence-corrected chi connectivity index (χ0v) is 8.19. The normalized spacial score (nSPS) is 9.62. The minimum atomic E-state index is 0.460. The summed E-state index contributed by atoms with van der Waals surface area (Å²) in [7, 11) is 0. The maximum Gasteiger partial charge on any atom is 0.137 e. The first-order valence-electron chi connectivity index (χ1n) is 3.74. The lowest BCUT2D eigenvalue weighted by molar-refractivity contribution is 1.24. The molecule has 0 amide bonds. The van der Waals surface area contributed by atoms with Gasteiger partial charge in [0.2, 0.25) is 0 Å². The first-order valence-corrected chi connectivity index (χ1v) is 4.56. The van der Waals surface area contributed by atoms with Crippen molar-refractivity contribution in [2.24, 2.45) is 0 Å². The topological polar surface area (TPSA) is 62.8 Å². The summed E-state index contributed by atoms with van der Waals surface area (Å²) in [5.74, 6) is 0.460. The van der Waals surface area contributed by atoms with E-state index in [9.17, 15) is 0 Å². The van der Waals surface area contributed by atoms with Gasteiger partial charge in [0.1, 0.15) is 5.82 Å². The van der Waals surface area contributed by atoms with Crippen molar-refractivity contribution >= 4 is 28.7 Å². The number of rotatable bonds is 2. The highest BCUT2D eigenvalue weighted by atomic mass is 32.2. The summed E-state index contributed by atoms with van der Waals surface area (Å²) < 4.78 is 0. The Labute approximate surface area is 81.6 Å². The molecule has 0 fully saturated rings. The first kappa shape index (κ1) is 9.80. The second kappa shape index (κ2) is 4.09. The minimum absolute atomic E-state index is 0.460. The molecule has 0 aliphatic heterocycles. The predicted octanol–water partition coefficient (Wildman–Crippen LogP) is 2.40. The number of hydrogen-bond acceptors (Lipinski definition) is 4. The standard InChI is InChI=1S/C9H11N3S/c1-3-7-4-8(13-6(2)10)9(11)12-5-7/h3-5,10H,1H2,2H3,(H2,11,12). The van der Waals surface area contributed by atoms with Crippen LogP contribution in [0.2, 0.25) is 0 Å². The van der Waals surface area contributed by atoms with Crippen LogP contribution in [0.4, 0.5) is 5.82 Å². The van der Waals surface area contributed by atoms with Crippen LogP contribution in [0.25, 0.3) is 6.08 Å². The Kier molecular flexibility index (Phi) is 3.08. The van der Waals surface area contributed by atoms with Crippen molar-refractivity contribution in [3.8, 4) is 0 Å². The highest BCUT2D eigenvalue weighted by Gasteiger charge is 2.02. The fourth-order valence-electron chi connectivity index (χ4n) is 0.829. The predicted molar refractivity (Wildman–Crippen MR) is 58.0 cm³/mol. The Morgan fingerprint density at radius 2 is 2.46 bits per heavy atom. The van der Waals surface area contributed by atoms with Gasteiger partial charge in [0, 0.05) is 6.20 Å². The van der Waals surface area contributed by atoms with E-state index in [1.807, 2.05) is 6.07 Å². The summed E-state index contributed by atoms with van der Waals surface area (Å²) in [5, 5.41) is 7.80. The van der Waals surface area contributed by atoms with Gasteiger partial charge in [-0.2, -0.15) is 0 Å². The van der Waals surface area contributed by atoms with Gasteiger partial charge in [-0.3, -0.25) is 5.41 Å². The summed E-state index contributed by atoms with van der Waals surface area (Å²) in [6.45, 7) is 5.35. The highest BCUT2D eigenvalue weighted by molar-refractivity contribution is 8.13. The third-order valence-electron chi connectivity index (χ3n) is 1.40. The number of aromatic nitrogens is 1. The van der Waals surface area contributed by atoms with Crippen LogP contribution in [0.5, 0.6) is 0 Å². The number of thioether (sulfide) groups is 1. The van der Waals surface area contributed by atoms with Crippen molar-refractivity contribution in [2.75, 3.05) is 5.73 Å². The van der Waals surface area contributed by atoms with Gasteiger partial charge in [0.25, 0.3) is 0 Å². The van der Waals surface area contributed by atoms with Gasteiger partial charge in [-0.25, -0.2) is 4.98 Å². The number of hydrogen-bond donors (Lipinski definition) is 2. The third-order valence-corrected chi connectivity index (χ3v) is 2.25. The van der Waals surface area contributed by atoms with Crippen LogP contribution in [0.3, 0.4) is 0 Å². The monoisotopic (exact) mass is 193 g/mol. The summed E-state index contributed by atoms with van der Waals surface area (Å²) in [4.78, 5) is 4.80. The van der Waals surface area contributed by atoms with E-state index in [4.69, 9.17) is 11.1 Å². The van der Waals surface area contributed by atoms with Crippen molar-refractivity contribution in [2.45, 2.75) is 11.8 Å². The maximum atomic E-state index is 7.31. The van der Waals surface area contributed by atoms with Crippen LogP contribution in [0, 0.1) is 5.41 Å². The number of nitrogens with zero attached hydrogens (tertiary/aromatic N) is 1. The lowest BCUT2D eigenvalue weighted by Crippen LogP contribution is -1.94. The Balaban J connectivity index is 3.03. The molecule has 3 N–H and O–H groups in total. The van der Waals surface area contributed by atoms with Gasteiger partial charge < -0.3 is 5.73 Å². The molecular weight excluding hydrogens is 182 g/mol. The second-order valence-corrected chi connectivity index (χ2v) is 3.77. The SMILES string of the molecule is C=Cc1cnc(N)c(SC(C)=N)c1. The highest BCUT2D eigenvalue weighted by Crippen LogP contribution is 2.24. The van der Waals surface area contributed by atoms with Gasteiger partial charge >= 0.3 is 0 Å². The van der Waals surface area contributed by atoms with Crippen molar-refractivity contribution in [1.82, 2.24) is 4.98 Å². The molecule has 0 aliphatic carbocycles. The molecule has 0 saturated carbocycles. The number of nitrogens with one attached hydrogen (secondary N) is 1. The number of pyridine rings is 1. The van der Waals surface area contributed by atoms with Gasteiger partial charge in [0.05, 0.1) is 9.94 Å². The summed E-state index contributed by atoms with van der Waals surface area (Å²) >= 11 is 1.30. The largest absolute Gasteiger partial charge is 0.383 e. The van der Waals surface area contributed by atoms with Gasteiger partial charge in [-0.05, 0) is 18.6 Å². The van der Waals surface area contributed by atoms with E-state index in [1.165, 1.54) is 11.8 Å². The van der Waals surface area contributed by atoms with Crippen LogP contribution in [-0.2, 0) is 0 Å². The molecule has 0 aliphatic rings. The van der Waals surface area contributed by atoms with Gasteiger partial charge in [-0.15, -0.1) is 0 Å². The number of nitrogens with two attached hydrogens (primary N) is 1. The molecule has 0 unspecified atom stereocenters. The third kappa shape index (κ3) is 2.59. The van der Waals surface area contributed by atoms with Gasteiger partial charge in [-0.1, -0.05) is 24.4 Å². The zero-order valence-electron chi connectivity index (χ0n) is 7.37. The maximum absolute atomic E-state index is 7.31. The Morgan fingerprint density at radius 1 is 1.77 bits per heavy atom. The molecule has 13 heavy (non-hydrogen) atoms. The molecule has 4 heteroatoms. The molecular formula is C9H11N3S. The Hall–Kier alpha value is -1.29. The van der Waals surface area contributed by atoms with E-state index in [2.05, 4.69) is 11.6 Å². The fraction of sp³-hybridized carbons (Fsp3) is 0.111. The fourth-order valence-corrected chi connectivity index (χ4v) is 1.51. The molecule has 0 saturated heterocycles. The molecule has 68 valence electrons. The molecule has 1 aromatic rings. The first-order chi connectivity index (χ1) is 6.13. The van der Waals surface area contributed by atoms with E-state index >= 15 is 0 Å². The lowest BCUT2D eigenvalue weighted by atomic mass is 10.3. The molecule has 1 aromatic heterocycles. The van der Waals surface area contributed by atoms with E-state index in [0.29, 0.717) is 10.9 Å². The molecule has 0 atom stereocenters. The van der Waals surface area contributed by atoms with E-state index < -0.39 is 0 Å². The van der Waals surface area contributed by atoms with Crippen LogP contribution in [0.1, 0.15) is 12.5 Å². The van der Waals surface area contributed by atoms with Crippen LogP contribution in [-0.4, -0.2) is 10.0 Å². The zero-order chi connectivity index (χ0) is 9.84. The van der Waals surface area contributed by atoms with Gasteiger partial charge in [0.15, 0.2) is 0 Å². The second-order valence-electron chi connectivity index (χ2n) is 2.51. The average Bonchev–Trinajstić information content (AvgIpc) is 2.08. The van der Waals surface area contributed by atoms with E-state index in [-0.39, 0.29) is 0 Å². The summed E-state index contributed by atoms with van der Waals surface area (Å²) in [5.41, 5.74) is 6.54. The summed E-state index contributed by atoms with van der Waals surface area (Å²) in [6.07, 6.45) is 3.36. The van der Waals surface area contributed by atoms with E-state index in [1.54, 1.807) is 19.2 Å². The van der Waals surface area contributed by atoms with Crippen molar-refractivity contribution in [3.63, 3.8) is 0 Å². The van der Waals surface area contributed by atoms with Crippen molar-refractivity contribution < 1.29 is 0 Å². The molecule has 0 bridgehead atoms. The molecule has 0 aromatic carbocycles. The Bertz CT molecular complexity index is 347. The number of anilines is 1. The summed E-state index contributed by atoms with van der Waals surface area (Å²) in [6, 6.07) is 1.87. The van der Waals surface area contributed by atoms with Crippen molar-refractivity contribution in [3.05, 3.63) is 24.4 Å². The molecule has 1 heterocycles. The van der Waals surface area contributed by atoms with Crippen LogP contribution >= 0.6 is 11.8 Å².